The van der Waals surface area contributed by atoms with Crippen LogP contribution in [0.15, 0.2) is 35.4 Å². The standard InChI is InChI=1S/C15H13N5O2/c21-14-9-3-1-2-4-10(9)18-13(19-14)15(22)20-6-5-11-12(7-20)17-8-16-11/h1-4,8H,5-7H2,(H,16,17)(H,18,19,21). The van der Waals surface area contributed by atoms with Gasteiger partial charge in [0, 0.05) is 13.0 Å². The van der Waals surface area contributed by atoms with Gasteiger partial charge in [0.2, 0.25) is 0 Å². The molecular formula is C15H13N5O2. The average molecular weight is 295 g/mol. The van der Waals surface area contributed by atoms with E-state index in [9.17, 15) is 9.59 Å². The van der Waals surface area contributed by atoms with E-state index in [1.165, 1.54) is 0 Å². The lowest BCUT2D eigenvalue weighted by Crippen LogP contribution is -2.37. The molecule has 0 unspecified atom stereocenters. The number of benzene rings is 1. The van der Waals surface area contributed by atoms with Crippen molar-refractivity contribution >= 4 is 16.8 Å². The summed E-state index contributed by atoms with van der Waals surface area (Å²) in [7, 11) is 0. The molecule has 110 valence electrons. The molecule has 7 nitrogen and oxygen atoms in total. The summed E-state index contributed by atoms with van der Waals surface area (Å²) < 4.78 is 0. The number of nitrogens with one attached hydrogen (secondary N) is 2. The number of carbonyl (C=O) groups excluding carboxylic acids is 1. The van der Waals surface area contributed by atoms with E-state index in [1.54, 1.807) is 35.5 Å². The van der Waals surface area contributed by atoms with Gasteiger partial charge in [-0.25, -0.2) is 9.97 Å². The topological polar surface area (TPSA) is 94.7 Å². The Hall–Kier alpha value is -2.96. The summed E-state index contributed by atoms with van der Waals surface area (Å²) in [5.74, 6) is -0.199. The Morgan fingerprint density at radius 3 is 3.05 bits per heavy atom. The number of aromatic nitrogens is 4. The number of H-pyrrole nitrogens is 2. The molecule has 22 heavy (non-hydrogen) atoms. The van der Waals surface area contributed by atoms with Gasteiger partial charge in [0.25, 0.3) is 11.5 Å². The molecule has 0 atom stereocenters. The zero-order valence-electron chi connectivity index (χ0n) is 11.7. The molecule has 3 heterocycles. The summed E-state index contributed by atoms with van der Waals surface area (Å²) in [5.41, 5.74) is 2.15. The molecule has 0 saturated heterocycles. The highest BCUT2D eigenvalue weighted by Crippen LogP contribution is 2.16. The van der Waals surface area contributed by atoms with Crippen LogP contribution in [0.3, 0.4) is 0 Å². The number of aromatic amines is 2. The van der Waals surface area contributed by atoms with Gasteiger partial charge in [0.15, 0.2) is 5.82 Å². The Bertz CT molecular complexity index is 927. The summed E-state index contributed by atoms with van der Waals surface area (Å²) in [4.78, 5) is 40.4. The molecule has 7 heteroatoms. The van der Waals surface area contributed by atoms with Crippen molar-refractivity contribution in [2.24, 2.45) is 0 Å². The summed E-state index contributed by atoms with van der Waals surface area (Å²) in [6.45, 7) is 1.01. The zero-order chi connectivity index (χ0) is 15.1. The first-order chi connectivity index (χ1) is 10.7. The molecule has 4 rings (SSSR count). The predicted octanol–water partition coefficient (Wildman–Crippen LogP) is 0.845. The van der Waals surface area contributed by atoms with Gasteiger partial charge in [-0.15, -0.1) is 0 Å². The molecule has 2 aromatic heterocycles. The minimum atomic E-state index is -0.298. The predicted molar refractivity (Wildman–Crippen MR) is 79.4 cm³/mol. The van der Waals surface area contributed by atoms with E-state index in [2.05, 4.69) is 19.9 Å². The largest absolute Gasteiger partial charge is 0.347 e. The molecule has 0 spiro atoms. The molecular weight excluding hydrogens is 282 g/mol. The van der Waals surface area contributed by atoms with Crippen LogP contribution in [0.1, 0.15) is 22.0 Å². The van der Waals surface area contributed by atoms with Crippen LogP contribution in [0.4, 0.5) is 0 Å². The van der Waals surface area contributed by atoms with Gasteiger partial charge >= 0.3 is 0 Å². The Labute approximate surface area is 125 Å². The highest BCUT2D eigenvalue weighted by atomic mass is 16.2. The molecule has 0 fully saturated rings. The van der Waals surface area contributed by atoms with E-state index in [0.29, 0.717) is 30.4 Å². The van der Waals surface area contributed by atoms with Crippen LogP contribution in [0.25, 0.3) is 10.9 Å². The van der Waals surface area contributed by atoms with E-state index in [4.69, 9.17) is 0 Å². The van der Waals surface area contributed by atoms with E-state index >= 15 is 0 Å². The molecule has 2 N–H and O–H groups in total. The van der Waals surface area contributed by atoms with Crippen LogP contribution in [0.2, 0.25) is 0 Å². The van der Waals surface area contributed by atoms with Gasteiger partial charge in [-0.2, -0.15) is 0 Å². The zero-order valence-corrected chi connectivity index (χ0v) is 11.7. The quantitative estimate of drug-likeness (QED) is 0.695. The maximum Gasteiger partial charge on any atom is 0.290 e. The van der Waals surface area contributed by atoms with Crippen LogP contribution in [-0.4, -0.2) is 37.3 Å². The van der Waals surface area contributed by atoms with Gasteiger partial charge in [-0.1, -0.05) is 12.1 Å². The Kier molecular flexibility index (Phi) is 2.78. The second-order valence-electron chi connectivity index (χ2n) is 5.24. The lowest BCUT2D eigenvalue weighted by Gasteiger charge is -2.25. The molecule has 0 aliphatic carbocycles. The maximum absolute atomic E-state index is 12.6. The summed E-state index contributed by atoms with van der Waals surface area (Å²) >= 11 is 0. The van der Waals surface area contributed by atoms with E-state index in [0.717, 1.165) is 11.4 Å². The van der Waals surface area contributed by atoms with Crippen molar-refractivity contribution in [1.29, 1.82) is 0 Å². The highest BCUT2D eigenvalue weighted by molar-refractivity contribution is 5.92. The van der Waals surface area contributed by atoms with Crippen LogP contribution in [0, 0.1) is 0 Å². The van der Waals surface area contributed by atoms with Crippen molar-refractivity contribution < 1.29 is 4.79 Å². The monoisotopic (exact) mass is 295 g/mol. The minimum absolute atomic E-state index is 0.0756. The fourth-order valence-electron chi connectivity index (χ4n) is 2.72. The van der Waals surface area contributed by atoms with Crippen molar-refractivity contribution in [2.75, 3.05) is 6.54 Å². The molecule has 1 amide bonds. The minimum Gasteiger partial charge on any atom is -0.347 e. The molecule has 3 aromatic rings. The van der Waals surface area contributed by atoms with Crippen LogP contribution in [0.5, 0.6) is 0 Å². The molecule has 0 bridgehead atoms. The van der Waals surface area contributed by atoms with E-state index in [-0.39, 0.29) is 17.3 Å². The Morgan fingerprint density at radius 1 is 1.27 bits per heavy atom. The van der Waals surface area contributed by atoms with E-state index < -0.39 is 0 Å². The third kappa shape index (κ3) is 1.98. The lowest BCUT2D eigenvalue weighted by molar-refractivity contribution is 0.0719. The molecule has 1 aliphatic rings. The second-order valence-corrected chi connectivity index (χ2v) is 5.24. The summed E-state index contributed by atoms with van der Waals surface area (Å²) in [6.07, 6.45) is 2.33. The van der Waals surface area contributed by atoms with Crippen molar-refractivity contribution in [3.8, 4) is 0 Å². The van der Waals surface area contributed by atoms with Crippen LogP contribution >= 0.6 is 0 Å². The van der Waals surface area contributed by atoms with Crippen molar-refractivity contribution in [1.82, 2.24) is 24.8 Å². The van der Waals surface area contributed by atoms with Crippen LogP contribution in [-0.2, 0) is 13.0 Å². The van der Waals surface area contributed by atoms with Crippen LogP contribution < -0.4 is 5.56 Å². The molecule has 1 aromatic carbocycles. The van der Waals surface area contributed by atoms with Crippen molar-refractivity contribution in [3.05, 3.63) is 58.2 Å². The number of carbonyl (C=O) groups is 1. The van der Waals surface area contributed by atoms with Crippen molar-refractivity contribution in [3.63, 3.8) is 0 Å². The summed E-state index contributed by atoms with van der Waals surface area (Å²) in [5, 5.41) is 0.480. The SMILES string of the molecule is O=C(c1nc2ccccc2c(=O)[nH]1)N1CCc2nc[nH]c2C1. The normalized spacial score (nSPS) is 14.1. The van der Waals surface area contributed by atoms with E-state index in [1.807, 2.05) is 0 Å². The fourth-order valence-corrected chi connectivity index (χ4v) is 2.72. The number of imidazole rings is 1. The Balaban J connectivity index is 1.70. The number of hydrogen-bond donors (Lipinski definition) is 2. The Morgan fingerprint density at radius 2 is 2.14 bits per heavy atom. The van der Waals surface area contributed by atoms with Gasteiger partial charge < -0.3 is 14.9 Å². The maximum atomic E-state index is 12.6. The number of para-hydroxylation sites is 1. The third-order valence-corrected chi connectivity index (χ3v) is 3.88. The third-order valence-electron chi connectivity index (χ3n) is 3.88. The lowest BCUT2D eigenvalue weighted by atomic mass is 10.1. The summed E-state index contributed by atoms with van der Waals surface area (Å²) in [6, 6.07) is 6.98. The second kappa shape index (κ2) is 4.80. The van der Waals surface area contributed by atoms with Crippen molar-refractivity contribution in [2.45, 2.75) is 13.0 Å². The van der Waals surface area contributed by atoms with Gasteiger partial charge in [0.1, 0.15) is 0 Å². The first kappa shape index (κ1) is 12.8. The average Bonchev–Trinajstić information content (AvgIpc) is 3.01. The number of hydrogen-bond acceptors (Lipinski definition) is 4. The number of amides is 1. The molecule has 0 saturated carbocycles. The number of nitrogens with zero attached hydrogens (tertiary/aromatic N) is 3. The first-order valence-corrected chi connectivity index (χ1v) is 7.02. The number of fused-ring (bicyclic) bond motifs is 2. The first-order valence-electron chi connectivity index (χ1n) is 7.02. The fraction of sp³-hybridized carbons (Fsp3) is 0.200. The number of rotatable bonds is 1. The van der Waals surface area contributed by atoms with Gasteiger partial charge in [-0.3, -0.25) is 9.59 Å². The van der Waals surface area contributed by atoms with Gasteiger partial charge in [-0.05, 0) is 12.1 Å². The smallest absolute Gasteiger partial charge is 0.290 e. The molecule has 0 radical (unpaired) electrons. The van der Waals surface area contributed by atoms with Gasteiger partial charge in [0.05, 0.1) is 35.2 Å². The highest BCUT2D eigenvalue weighted by Gasteiger charge is 2.25. The molecule has 1 aliphatic heterocycles.